The van der Waals surface area contributed by atoms with Gasteiger partial charge in [-0.05, 0) is 64.6 Å². The van der Waals surface area contributed by atoms with Crippen LogP contribution in [0.5, 0.6) is 0 Å². The summed E-state index contributed by atoms with van der Waals surface area (Å²) >= 11 is 0. The maximum atomic E-state index is 9.44. The first-order chi connectivity index (χ1) is 18.2. The molecule has 1 fully saturated rings. The Kier molecular flexibility index (Phi) is 5.76. The van der Waals surface area contributed by atoms with Crippen LogP contribution in [0.3, 0.4) is 0 Å². The van der Waals surface area contributed by atoms with Crippen LogP contribution in [0.1, 0.15) is 0 Å². The first kappa shape index (κ1) is 24.1. The van der Waals surface area contributed by atoms with Gasteiger partial charge in [-0.25, -0.2) is 19.2 Å². The lowest BCUT2D eigenvalue weighted by molar-refractivity contribution is 0.00673. The number of carbonyl (C=O) groups excluding carboxylic acids is 2. The van der Waals surface area contributed by atoms with Crippen LogP contribution in [0.15, 0.2) is 72.8 Å². The van der Waals surface area contributed by atoms with Crippen LogP contribution in [0.25, 0.3) is 64.6 Å². The molecule has 1 aliphatic rings. The van der Waals surface area contributed by atoms with E-state index >= 15 is 0 Å². The molecule has 0 spiro atoms. The largest absolute Gasteiger partial charge is 0.528 e. The number of ether oxygens (including phenoxy) is 2. The highest BCUT2D eigenvalue weighted by Crippen LogP contribution is 2.47. The molecular formula is C28H16O10. The van der Waals surface area contributed by atoms with Crippen LogP contribution in [0.2, 0.25) is 0 Å². The smallest absolute Gasteiger partial charge is 0.450 e. The van der Waals surface area contributed by atoms with Gasteiger partial charge in [0.15, 0.2) is 0 Å². The summed E-state index contributed by atoms with van der Waals surface area (Å²) in [7, 11) is 0. The Labute approximate surface area is 211 Å². The number of hydrogen-bond acceptors (Lipinski definition) is 6. The molecule has 1 aliphatic heterocycles. The summed E-state index contributed by atoms with van der Waals surface area (Å²) < 4.78 is 7.28. The van der Waals surface area contributed by atoms with Gasteiger partial charge < -0.3 is 29.9 Å². The van der Waals surface area contributed by atoms with Crippen molar-refractivity contribution in [3.8, 4) is 0 Å². The molecule has 1 saturated heterocycles. The minimum atomic E-state index is -1.83. The summed E-state index contributed by atoms with van der Waals surface area (Å²) in [5.74, 6) is 0. The fraction of sp³-hybridized carbons (Fsp3) is 0. The standard InChI is InChI=1S/C24H12.C2O4.2CH2O3/c1-2-14-5-6-16-9-11-18-12-10-17-8-7-15-4-3-13(1)19-20(14)22(16)24(18)23(17)21(15)19;3-1-5-2(4)6-1;2*2-1(3)4/h1-12H;;2*(H2,2,3,4). The summed E-state index contributed by atoms with van der Waals surface area (Å²) in [6.45, 7) is 0. The lowest BCUT2D eigenvalue weighted by Crippen LogP contribution is -2.27. The third-order valence-corrected chi connectivity index (χ3v) is 6.22. The summed E-state index contributed by atoms with van der Waals surface area (Å²) in [6.07, 6.45) is -5.50. The molecule has 0 bridgehead atoms. The van der Waals surface area contributed by atoms with Gasteiger partial charge in [0.05, 0.1) is 0 Å². The van der Waals surface area contributed by atoms with Crippen molar-refractivity contribution in [2.24, 2.45) is 0 Å². The van der Waals surface area contributed by atoms with E-state index in [0.29, 0.717) is 0 Å². The molecule has 8 rings (SSSR count). The third-order valence-electron chi connectivity index (χ3n) is 6.22. The summed E-state index contributed by atoms with van der Waals surface area (Å²) in [6, 6.07) is 27.3. The van der Waals surface area contributed by atoms with Gasteiger partial charge in [0.2, 0.25) is 0 Å². The Morgan fingerprint density at radius 2 is 0.526 bits per heavy atom. The monoisotopic (exact) mass is 512 g/mol. The first-order valence-corrected chi connectivity index (χ1v) is 11.0. The van der Waals surface area contributed by atoms with Gasteiger partial charge >= 0.3 is 24.6 Å². The van der Waals surface area contributed by atoms with Gasteiger partial charge in [0.25, 0.3) is 0 Å². The second-order valence-electron chi connectivity index (χ2n) is 8.25. The second kappa shape index (κ2) is 9.10. The Hall–Kier alpha value is -5.64. The van der Waals surface area contributed by atoms with E-state index in [0.717, 1.165) is 0 Å². The number of carbonyl (C=O) groups is 4. The zero-order valence-corrected chi connectivity index (χ0v) is 19.2. The van der Waals surface area contributed by atoms with Crippen molar-refractivity contribution in [3.63, 3.8) is 0 Å². The molecule has 10 nitrogen and oxygen atoms in total. The first-order valence-electron chi connectivity index (χ1n) is 11.0. The van der Waals surface area contributed by atoms with Crippen molar-refractivity contribution < 1.29 is 49.1 Å². The normalized spacial score (nSPS) is 12.3. The molecule has 38 heavy (non-hydrogen) atoms. The SMILES string of the molecule is O=C(O)O.O=C(O)O.O=C1OC(=O)O1.c1cc2ccc3ccc4ccc5ccc6ccc1c1c2c3c4c5c61. The van der Waals surface area contributed by atoms with Crippen LogP contribution < -0.4 is 0 Å². The van der Waals surface area contributed by atoms with Crippen molar-refractivity contribution in [2.45, 2.75) is 0 Å². The fourth-order valence-corrected chi connectivity index (χ4v) is 5.04. The van der Waals surface area contributed by atoms with E-state index in [1.165, 1.54) is 64.6 Å². The van der Waals surface area contributed by atoms with E-state index < -0.39 is 24.6 Å². The lowest BCUT2D eigenvalue weighted by atomic mass is 9.83. The number of hydrogen-bond donors (Lipinski definition) is 4. The number of cyclic esters (lactones) is 4. The van der Waals surface area contributed by atoms with Crippen LogP contribution >= 0.6 is 0 Å². The fourth-order valence-electron chi connectivity index (χ4n) is 5.04. The lowest BCUT2D eigenvalue weighted by Gasteiger charge is -2.20. The molecule has 0 unspecified atom stereocenters. The van der Waals surface area contributed by atoms with Crippen molar-refractivity contribution >= 4 is 89.3 Å². The predicted molar refractivity (Wildman–Crippen MR) is 139 cm³/mol. The van der Waals surface area contributed by atoms with Crippen LogP contribution in [0, 0.1) is 0 Å². The van der Waals surface area contributed by atoms with E-state index in [4.69, 9.17) is 30.0 Å². The van der Waals surface area contributed by atoms with Gasteiger partial charge in [-0.3, -0.25) is 0 Å². The Morgan fingerprint density at radius 3 is 0.605 bits per heavy atom. The highest BCUT2D eigenvalue weighted by atomic mass is 16.9. The van der Waals surface area contributed by atoms with Gasteiger partial charge in [-0.15, -0.1) is 0 Å². The number of benzene rings is 7. The van der Waals surface area contributed by atoms with E-state index in [2.05, 4.69) is 82.3 Å². The van der Waals surface area contributed by atoms with Gasteiger partial charge in [0.1, 0.15) is 0 Å². The molecule has 0 saturated carbocycles. The van der Waals surface area contributed by atoms with Crippen LogP contribution in [-0.2, 0) is 9.47 Å². The number of rotatable bonds is 0. The molecule has 4 N–H and O–H groups in total. The maximum absolute atomic E-state index is 9.44. The Morgan fingerprint density at radius 1 is 0.395 bits per heavy atom. The maximum Gasteiger partial charge on any atom is 0.528 e. The van der Waals surface area contributed by atoms with Gasteiger partial charge in [-0.2, -0.15) is 0 Å². The highest BCUT2D eigenvalue weighted by molar-refractivity contribution is 6.44. The molecule has 0 radical (unpaired) electrons. The zero-order chi connectivity index (χ0) is 27.1. The minimum absolute atomic E-state index is 0.917. The predicted octanol–water partition coefficient (Wildman–Crippen LogP) is 7.64. The van der Waals surface area contributed by atoms with E-state index in [1.807, 2.05) is 0 Å². The molecular weight excluding hydrogens is 496 g/mol. The second-order valence-corrected chi connectivity index (χ2v) is 8.25. The van der Waals surface area contributed by atoms with Crippen molar-refractivity contribution in [1.29, 1.82) is 0 Å². The molecule has 10 heteroatoms. The highest BCUT2D eigenvalue weighted by Gasteiger charge is 2.27. The van der Waals surface area contributed by atoms with Crippen LogP contribution in [0.4, 0.5) is 19.2 Å². The van der Waals surface area contributed by atoms with Crippen LogP contribution in [-0.4, -0.2) is 45.0 Å². The quantitative estimate of drug-likeness (QED) is 0.0685. The average Bonchev–Trinajstić information content (AvgIpc) is 2.86. The molecule has 0 aromatic heterocycles. The molecule has 0 atom stereocenters. The van der Waals surface area contributed by atoms with E-state index in [1.54, 1.807) is 0 Å². The van der Waals surface area contributed by atoms with Crippen molar-refractivity contribution in [1.82, 2.24) is 0 Å². The van der Waals surface area contributed by atoms with E-state index in [-0.39, 0.29) is 0 Å². The van der Waals surface area contributed by atoms with Gasteiger partial charge in [-0.1, -0.05) is 72.8 Å². The Bertz CT molecular complexity index is 1560. The minimum Gasteiger partial charge on any atom is -0.450 e. The average molecular weight is 512 g/mol. The molecule has 1 heterocycles. The molecule has 0 amide bonds. The molecule has 0 aliphatic carbocycles. The molecule has 7 aromatic carbocycles. The summed E-state index contributed by atoms with van der Waals surface area (Å²) in [4.78, 5) is 36.0. The third kappa shape index (κ3) is 4.05. The molecule has 188 valence electrons. The topological polar surface area (TPSA) is 168 Å². The van der Waals surface area contributed by atoms with Crippen molar-refractivity contribution in [2.75, 3.05) is 0 Å². The molecule has 7 aromatic rings. The van der Waals surface area contributed by atoms with Gasteiger partial charge in [0, 0.05) is 0 Å². The number of carboxylic acid groups (broad SMARTS) is 4. The Balaban J connectivity index is 0.000000175. The summed E-state index contributed by atoms with van der Waals surface area (Å²) in [5.41, 5.74) is 0. The van der Waals surface area contributed by atoms with Crippen molar-refractivity contribution in [3.05, 3.63) is 72.8 Å². The summed E-state index contributed by atoms with van der Waals surface area (Å²) in [5, 5.41) is 44.6. The zero-order valence-electron chi connectivity index (χ0n) is 19.2. The van der Waals surface area contributed by atoms with E-state index in [9.17, 15) is 9.59 Å².